The fourth-order valence-electron chi connectivity index (χ4n) is 2.21. The van der Waals surface area contributed by atoms with Crippen LogP contribution in [-0.2, 0) is 4.79 Å². The van der Waals surface area contributed by atoms with E-state index in [0.29, 0.717) is 5.69 Å². The lowest BCUT2D eigenvalue weighted by Crippen LogP contribution is -2.39. The Morgan fingerprint density at radius 2 is 2.20 bits per heavy atom. The molecule has 6 nitrogen and oxygen atoms in total. The van der Waals surface area contributed by atoms with Gasteiger partial charge in [-0.25, -0.2) is 0 Å². The van der Waals surface area contributed by atoms with Gasteiger partial charge in [0.25, 0.3) is 5.69 Å². The van der Waals surface area contributed by atoms with Gasteiger partial charge in [-0.3, -0.25) is 14.9 Å². The van der Waals surface area contributed by atoms with Crippen LogP contribution < -0.4 is 10.6 Å². The molecule has 1 aromatic rings. The summed E-state index contributed by atoms with van der Waals surface area (Å²) in [5, 5.41) is 16.7. The van der Waals surface area contributed by atoms with Crippen LogP contribution in [0.15, 0.2) is 18.2 Å². The third-order valence-corrected chi connectivity index (χ3v) is 3.61. The molecular formula is C13H16ClN3O3. The normalized spacial score (nSPS) is 19.1. The molecule has 1 amide bonds. The van der Waals surface area contributed by atoms with Gasteiger partial charge in [-0.05, 0) is 31.5 Å². The standard InChI is InChI=1S/C13H16ClN3O3/c14-10-6-5-9(8-12(10)17(19)20)16-13(18)11-4-2-1-3-7-15-11/h5-6,8,11,15H,1-4,7H2,(H,16,18). The molecule has 108 valence electrons. The van der Waals surface area contributed by atoms with Gasteiger partial charge in [0.1, 0.15) is 5.02 Å². The largest absolute Gasteiger partial charge is 0.324 e. The lowest BCUT2D eigenvalue weighted by Gasteiger charge is -2.15. The van der Waals surface area contributed by atoms with Crippen LogP contribution in [0.3, 0.4) is 0 Å². The van der Waals surface area contributed by atoms with Crippen LogP contribution in [0.5, 0.6) is 0 Å². The minimum absolute atomic E-state index is 0.0561. The third-order valence-electron chi connectivity index (χ3n) is 3.29. The number of hydrogen-bond acceptors (Lipinski definition) is 4. The van der Waals surface area contributed by atoms with Crippen molar-refractivity contribution in [3.63, 3.8) is 0 Å². The SMILES string of the molecule is O=C(Nc1ccc(Cl)c([N+](=O)[O-])c1)C1CCCCCN1. The molecular weight excluding hydrogens is 282 g/mol. The Balaban J connectivity index is 2.07. The first-order chi connectivity index (χ1) is 9.58. The molecule has 2 N–H and O–H groups in total. The van der Waals surface area contributed by atoms with Gasteiger partial charge in [0.05, 0.1) is 11.0 Å². The molecule has 1 unspecified atom stereocenters. The quantitative estimate of drug-likeness (QED) is 0.663. The first-order valence-corrected chi connectivity index (χ1v) is 6.94. The zero-order valence-electron chi connectivity index (χ0n) is 10.9. The Kier molecular flexibility index (Phi) is 4.92. The summed E-state index contributed by atoms with van der Waals surface area (Å²) in [5.74, 6) is -0.163. The fraction of sp³-hybridized carbons (Fsp3) is 0.462. The van der Waals surface area contributed by atoms with Gasteiger partial charge in [-0.1, -0.05) is 24.4 Å². The fourth-order valence-corrected chi connectivity index (χ4v) is 2.40. The average molecular weight is 298 g/mol. The van der Waals surface area contributed by atoms with Crippen LogP contribution in [0.1, 0.15) is 25.7 Å². The molecule has 1 fully saturated rings. The number of nitro benzene ring substituents is 1. The highest BCUT2D eigenvalue weighted by Gasteiger charge is 2.20. The summed E-state index contributed by atoms with van der Waals surface area (Å²) in [6.07, 6.45) is 3.97. The lowest BCUT2D eigenvalue weighted by molar-refractivity contribution is -0.384. The number of nitrogens with one attached hydrogen (secondary N) is 2. The summed E-state index contributed by atoms with van der Waals surface area (Å²) in [5.41, 5.74) is 0.176. The van der Waals surface area contributed by atoms with E-state index in [4.69, 9.17) is 11.6 Å². The summed E-state index contributed by atoms with van der Waals surface area (Å²) in [6, 6.07) is 4.00. The molecule has 7 heteroatoms. The Labute approximate surface area is 121 Å². The van der Waals surface area contributed by atoms with Crippen molar-refractivity contribution >= 4 is 28.9 Å². The number of nitrogens with zero attached hydrogens (tertiary/aromatic N) is 1. The van der Waals surface area contributed by atoms with Crippen LogP contribution in [0.4, 0.5) is 11.4 Å². The second-order valence-electron chi connectivity index (χ2n) is 4.77. The van der Waals surface area contributed by atoms with E-state index in [2.05, 4.69) is 10.6 Å². The van der Waals surface area contributed by atoms with Gasteiger partial charge in [-0.15, -0.1) is 0 Å². The van der Waals surface area contributed by atoms with Gasteiger partial charge in [0.2, 0.25) is 5.91 Å². The van der Waals surface area contributed by atoms with E-state index in [1.165, 1.54) is 12.1 Å². The predicted molar refractivity (Wildman–Crippen MR) is 77.0 cm³/mol. The molecule has 0 spiro atoms. The van der Waals surface area contributed by atoms with Crippen LogP contribution in [0.2, 0.25) is 5.02 Å². The zero-order chi connectivity index (χ0) is 14.5. The topological polar surface area (TPSA) is 84.3 Å². The van der Waals surface area contributed by atoms with Gasteiger partial charge in [0.15, 0.2) is 0 Å². The third kappa shape index (κ3) is 3.68. The highest BCUT2D eigenvalue weighted by molar-refractivity contribution is 6.32. The maximum atomic E-state index is 12.1. The van der Waals surface area contributed by atoms with Crippen LogP contribution in [-0.4, -0.2) is 23.4 Å². The second kappa shape index (κ2) is 6.67. The van der Waals surface area contributed by atoms with E-state index in [1.54, 1.807) is 6.07 Å². The van der Waals surface area contributed by atoms with Crippen molar-refractivity contribution in [2.75, 3.05) is 11.9 Å². The number of hydrogen-bond donors (Lipinski definition) is 2. The van der Waals surface area contributed by atoms with Crippen molar-refractivity contribution in [2.45, 2.75) is 31.7 Å². The first-order valence-electron chi connectivity index (χ1n) is 6.56. The predicted octanol–water partition coefficient (Wildman–Crippen LogP) is 2.72. The Hall–Kier alpha value is -1.66. The molecule has 20 heavy (non-hydrogen) atoms. The first kappa shape index (κ1) is 14.7. The second-order valence-corrected chi connectivity index (χ2v) is 5.18. The van der Waals surface area contributed by atoms with E-state index < -0.39 is 4.92 Å². The Morgan fingerprint density at radius 1 is 1.40 bits per heavy atom. The number of nitro groups is 1. The number of carbonyl (C=O) groups is 1. The number of benzene rings is 1. The van der Waals surface area contributed by atoms with E-state index in [-0.39, 0.29) is 22.7 Å². The molecule has 0 bridgehead atoms. The number of amides is 1. The lowest BCUT2D eigenvalue weighted by atomic mass is 10.1. The number of halogens is 1. The number of rotatable bonds is 3. The van der Waals surface area contributed by atoms with E-state index >= 15 is 0 Å². The molecule has 2 rings (SSSR count). The molecule has 1 heterocycles. The molecule has 1 saturated heterocycles. The molecule has 0 aromatic heterocycles. The van der Waals surface area contributed by atoms with Gasteiger partial charge < -0.3 is 10.6 Å². The van der Waals surface area contributed by atoms with E-state index in [1.807, 2.05) is 0 Å². The summed E-state index contributed by atoms with van der Waals surface area (Å²) in [4.78, 5) is 22.3. The maximum Gasteiger partial charge on any atom is 0.289 e. The van der Waals surface area contributed by atoms with E-state index in [9.17, 15) is 14.9 Å². The Morgan fingerprint density at radius 3 is 2.95 bits per heavy atom. The summed E-state index contributed by atoms with van der Waals surface area (Å²) >= 11 is 5.73. The van der Waals surface area contributed by atoms with Crippen molar-refractivity contribution in [3.8, 4) is 0 Å². The summed E-state index contributed by atoms with van der Waals surface area (Å²) in [7, 11) is 0. The molecule has 1 aliphatic heterocycles. The van der Waals surface area contributed by atoms with Gasteiger partial charge >= 0.3 is 0 Å². The van der Waals surface area contributed by atoms with Crippen molar-refractivity contribution in [3.05, 3.63) is 33.3 Å². The van der Waals surface area contributed by atoms with E-state index in [0.717, 1.165) is 32.2 Å². The smallest absolute Gasteiger partial charge is 0.289 e. The Bertz CT molecular complexity index is 514. The molecule has 0 radical (unpaired) electrons. The molecule has 0 aliphatic carbocycles. The zero-order valence-corrected chi connectivity index (χ0v) is 11.7. The molecule has 1 aromatic carbocycles. The summed E-state index contributed by atoms with van der Waals surface area (Å²) in [6.45, 7) is 0.818. The van der Waals surface area contributed by atoms with Crippen molar-refractivity contribution in [1.29, 1.82) is 0 Å². The minimum Gasteiger partial charge on any atom is -0.324 e. The van der Waals surface area contributed by atoms with Crippen molar-refractivity contribution in [2.24, 2.45) is 0 Å². The highest BCUT2D eigenvalue weighted by Crippen LogP contribution is 2.27. The number of anilines is 1. The maximum absolute atomic E-state index is 12.1. The molecule has 1 aliphatic rings. The van der Waals surface area contributed by atoms with Crippen LogP contribution in [0, 0.1) is 10.1 Å². The number of carbonyl (C=O) groups excluding carboxylic acids is 1. The average Bonchev–Trinajstić information content (AvgIpc) is 2.69. The molecule has 0 saturated carbocycles. The van der Waals surface area contributed by atoms with Crippen LogP contribution >= 0.6 is 11.6 Å². The van der Waals surface area contributed by atoms with Crippen LogP contribution in [0.25, 0.3) is 0 Å². The minimum atomic E-state index is -0.568. The molecule has 1 atom stereocenters. The van der Waals surface area contributed by atoms with Gasteiger partial charge in [-0.2, -0.15) is 0 Å². The van der Waals surface area contributed by atoms with Gasteiger partial charge in [0, 0.05) is 11.8 Å². The summed E-state index contributed by atoms with van der Waals surface area (Å²) < 4.78 is 0. The van der Waals surface area contributed by atoms with Crippen molar-refractivity contribution in [1.82, 2.24) is 5.32 Å². The highest BCUT2D eigenvalue weighted by atomic mass is 35.5. The van der Waals surface area contributed by atoms with Crippen molar-refractivity contribution < 1.29 is 9.72 Å². The monoisotopic (exact) mass is 297 g/mol.